The van der Waals surface area contributed by atoms with Gasteiger partial charge in [0.2, 0.25) is 5.95 Å². The highest BCUT2D eigenvalue weighted by atomic mass is 16.5. The minimum Gasteiger partial charge on any atom is -0.496 e. The van der Waals surface area contributed by atoms with Crippen LogP contribution in [0.3, 0.4) is 0 Å². The lowest BCUT2D eigenvalue weighted by Crippen LogP contribution is -2.28. The Kier molecular flexibility index (Phi) is 3.83. The molecule has 0 radical (unpaired) electrons. The van der Waals surface area contributed by atoms with Gasteiger partial charge in [-0.25, -0.2) is 0 Å². The molecule has 0 atom stereocenters. The SMILES string of the molecule is COc1ccccc1-c1nc(N2CCCNCC2)n[nH]1. The van der Waals surface area contributed by atoms with Gasteiger partial charge < -0.3 is 15.0 Å². The lowest BCUT2D eigenvalue weighted by molar-refractivity contribution is 0.416. The minimum absolute atomic E-state index is 0.745. The number of anilines is 1. The summed E-state index contributed by atoms with van der Waals surface area (Å²) in [5.74, 6) is 2.30. The van der Waals surface area contributed by atoms with Crippen molar-refractivity contribution in [3.63, 3.8) is 0 Å². The lowest BCUT2D eigenvalue weighted by atomic mass is 10.2. The summed E-state index contributed by atoms with van der Waals surface area (Å²) in [6.07, 6.45) is 1.11. The number of hydrogen-bond donors (Lipinski definition) is 2. The standard InChI is InChI=1S/C14H19N5O/c1-20-12-6-3-2-5-11(12)13-16-14(18-17-13)19-9-4-7-15-8-10-19/h2-3,5-6,15H,4,7-10H2,1H3,(H,16,17,18). The first-order chi connectivity index (χ1) is 9.88. The fourth-order valence-electron chi connectivity index (χ4n) is 2.40. The molecule has 3 rings (SSSR count). The second-order valence-corrected chi connectivity index (χ2v) is 4.77. The second kappa shape index (κ2) is 5.92. The number of benzene rings is 1. The van der Waals surface area contributed by atoms with Gasteiger partial charge in [-0.05, 0) is 25.1 Å². The number of H-pyrrole nitrogens is 1. The highest BCUT2D eigenvalue weighted by Gasteiger charge is 2.16. The van der Waals surface area contributed by atoms with Crippen molar-refractivity contribution < 1.29 is 4.74 Å². The fourth-order valence-corrected chi connectivity index (χ4v) is 2.40. The maximum Gasteiger partial charge on any atom is 0.245 e. The average Bonchev–Trinajstić information content (AvgIpc) is 2.82. The topological polar surface area (TPSA) is 66.1 Å². The fraction of sp³-hybridized carbons (Fsp3) is 0.429. The summed E-state index contributed by atoms with van der Waals surface area (Å²) in [7, 11) is 1.66. The van der Waals surface area contributed by atoms with E-state index in [0.717, 1.165) is 55.7 Å². The first-order valence-electron chi connectivity index (χ1n) is 6.90. The summed E-state index contributed by atoms with van der Waals surface area (Å²) in [5, 5.41) is 10.7. The van der Waals surface area contributed by atoms with E-state index in [9.17, 15) is 0 Å². The molecule has 20 heavy (non-hydrogen) atoms. The second-order valence-electron chi connectivity index (χ2n) is 4.77. The number of methoxy groups -OCH3 is 1. The monoisotopic (exact) mass is 273 g/mol. The maximum absolute atomic E-state index is 5.36. The van der Waals surface area contributed by atoms with Crippen LogP contribution in [0.2, 0.25) is 0 Å². The Bertz CT molecular complexity index is 560. The Labute approximate surface area is 118 Å². The molecule has 0 spiro atoms. The van der Waals surface area contributed by atoms with E-state index in [1.807, 2.05) is 24.3 Å². The van der Waals surface area contributed by atoms with Crippen LogP contribution in [0.25, 0.3) is 11.4 Å². The van der Waals surface area contributed by atoms with Crippen LogP contribution < -0.4 is 15.0 Å². The van der Waals surface area contributed by atoms with Crippen LogP contribution in [0.15, 0.2) is 24.3 Å². The molecule has 6 heteroatoms. The Morgan fingerprint density at radius 1 is 1.20 bits per heavy atom. The third-order valence-electron chi connectivity index (χ3n) is 3.46. The first kappa shape index (κ1) is 12.9. The number of nitrogens with one attached hydrogen (secondary N) is 2. The Balaban J connectivity index is 1.85. The third-order valence-corrected chi connectivity index (χ3v) is 3.46. The third kappa shape index (κ3) is 2.60. The summed E-state index contributed by atoms with van der Waals surface area (Å²) in [6, 6.07) is 7.82. The molecule has 2 aromatic rings. The summed E-state index contributed by atoms with van der Waals surface area (Å²) in [5.41, 5.74) is 0.932. The lowest BCUT2D eigenvalue weighted by Gasteiger charge is -2.16. The quantitative estimate of drug-likeness (QED) is 0.882. The van der Waals surface area contributed by atoms with Crippen molar-refractivity contribution in [3.05, 3.63) is 24.3 Å². The van der Waals surface area contributed by atoms with E-state index in [2.05, 4.69) is 25.4 Å². The van der Waals surface area contributed by atoms with E-state index in [4.69, 9.17) is 4.74 Å². The molecule has 6 nitrogen and oxygen atoms in total. The number of aromatic nitrogens is 3. The molecular weight excluding hydrogens is 254 g/mol. The Morgan fingerprint density at radius 3 is 3.00 bits per heavy atom. The zero-order valence-corrected chi connectivity index (χ0v) is 11.6. The molecule has 0 amide bonds. The molecule has 0 aliphatic carbocycles. The van der Waals surface area contributed by atoms with Gasteiger partial charge in [0, 0.05) is 19.6 Å². The molecule has 0 bridgehead atoms. The van der Waals surface area contributed by atoms with Crippen molar-refractivity contribution in [2.24, 2.45) is 0 Å². The van der Waals surface area contributed by atoms with Crippen molar-refractivity contribution in [1.29, 1.82) is 0 Å². The smallest absolute Gasteiger partial charge is 0.245 e. The van der Waals surface area contributed by atoms with E-state index in [1.54, 1.807) is 7.11 Å². The largest absolute Gasteiger partial charge is 0.496 e. The highest BCUT2D eigenvalue weighted by Crippen LogP contribution is 2.27. The molecule has 0 saturated carbocycles. The average molecular weight is 273 g/mol. The summed E-state index contributed by atoms with van der Waals surface area (Å²) in [6.45, 7) is 3.94. The molecule has 1 aliphatic heterocycles. The maximum atomic E-state index is 5.36. The van der Waals surface area contributed by atoms with Gasteiger partial charge in [-0.3, -0.25) is 5.10 Å². The zero-order valence-electron chi connectivity index (χ0n) is 11.6. The number of hydrogen-bond acceptors (Lipinski definition) is 5. The minimum atomic E-state index is 0.745. The van der Waals surface area contributed by atoms with Gasteiger partial charge >= 0.3 is 0 Å². The summed E-state index contributed by atoms with van der Waals surface area (Å²) in [4.78, 5) is 6.81. The summed E-state index contributed by atoms with van der Waals surface area (Å²) < 4.78 is 5.36. The van der Waals surface area contributed by atoms with Crippen LogP contribution in [0.1, 0.15) is 6.42 Å². The van der Waals surface area contributed by atoms with Crippen LogP contribution in [-0.2, 0) is 0 Å². The van der Waals surface area contributed by atoms with Gasteiger partial charge in [0.05, 0.1) is 12.7 Å². The van der Waals surface area contributed by atoms with E-state index in [-0.39, 0.29) is 0 Å². The predicted molar refractivity (Wildman–Crippen MR) is 78.1 cm³/mol. The number of aromatic amines is 1. The highest BCUT2D eigenvalue weighted by molar-refractivity contribution is 5.64. The molecule has 1 saturated heterocycles. The van der Waals surface area contributed by atoms with Crippen molar-refractivity contribution in [2.45, 2.75) is 6.42 Å². The van der Waals surface area contributed by atoms with E-state index in [1.165, 1.54) is 0 Å². The van der Waals surface area contributed by atoms with Gasteiger partial charge in [0.1, 0.15) is 5.75 Å². The molecule has 1 fully saturated rings. The van der Waals surface area contributed by atoms with E-state index < -0.39 is 0 Å². The van der Waals surface area contributed by atoms with Gasteiger partial charge in [-0.1, -0.05) is 12.1 Å². The summed E-state index contributed by atoms with van der Waals surface area (Å²) >= 11 is 0. The van der Waals surface area contributed by atoms with E-state index in [0.29, 0.717) is 0 Å². The number of nitrogens with zero attached hydrogens (tertiary/aromatic N) is 3. The molecule has 1 aromatic carbocycles. The molecule has 0 unspecified atom stereocenters. The normalized spacial score (nSPS) is 15.9. The first-order valence-corrected chi connectivity index (χ1v) is 6.90. The van der Waals surface area contributed by atoms with E-state index >= 15 is 0 Å². The molecule has 2 heterocycles. The van der Waals surface area contributed by atoms with Gasteiger partial charge in [0.15, 0.2) is 5.82 Å². The Hall–Kier alpha value is -2.08. The van der Waals surface area contributed by atoms with Crippen LogP contribution in [0.4, 0.5) is 5.95 Å². The molecular formula is C14H19N5O. The van der Waals surface area contributed by atoms with Crippen molar-refractivity contribution in [1.82, 2.24) is 20.5 Å². The van der Waals surface area contributed by atoms with Gasteiger partial charge in [0.25, 0.3) is 0 Å². The van der Waals surface area contributed by atoms with Crippen LogP contribution in [0, 0.1) is 0 Å². The van der Waals surface area contributed by atoms with Crippen LogP contribution in [-0.4, -0.2) is 48.5 Å². The van der Waals surface area contributed by atoms with Gasteiger partial charge in [-0.15, -0.1) is 5.10 Å². The molecule has 1 aromatic heterocycles. The molecule has 2 N–H and O–H groups in total. The van der Waals surface area contributed by atoms with Crippen molar-refractivity contribution >= 4 is 5.95 Å². The number of rotatable bonds is 3. The molecule has 106 valence electrons. The predicted octanol–water partition coefficient (Wildman–Crippen LogP) is 1.28. The van der Waals surface area contributed by atoms with Crippen LogP contribution in [0.5, 0.6) is 5.75 Å². The van der Waals surface area contributed by atoms with Crippen molar-refractivity contribution in [3.8, 4) is 17.1 Å². The zero-order chi connectivity index (χ0) is 13.8. The Morgan fingerprint density at radius 2 is 2.10 bits per heavy atom. The number of ether oxygens (including phenoxy) is 1. The van der Waals surface area contributed by atoms with Gasteiger partial charge in [-0.2, -0.15) is 4.98 Å². The van der Waals surface area contributed by atoms with Crippen LogP contribution >= 0.6 is 0 Å². The number of para-hydroxylation sites is 1. The van der Waals surface area contributed by atoms with Crippen molar-refractivity contribution in [2.75, 3.05) is 38.2 Å². The molecule has 1 aliphatic rings.